The molecule has 0 atom stereocenters. The number of ether oxygens (including phenoxy) is 1. The number of amides is 1. The first kappa shape index (κ1) is 25.4. The summed E-state index contributed by atoms with van der Waals surface area (Å²) in [4.78, 5) is 37.0. The minimum atomic E-state index is -1.82. The van der Waals surface area contributed by atoms with Crippen molar-refractivity contribution in [1.29, 1.82) is 0 Å². The van der Waals surface area contributed by atoms with Gasteiger partial charge < -0.3 is 24.8 Å². The van der Waals surface area contributed by atoms with E-state index in [0.29, 0.717) is 31.3 Å². The van der Waals surface area contributed by atoms with Gasteiger partial charge >= 0.3 is 11.9 Å². The SMILES string of the molecule is CCOc1ccc(NC(=O)CN2CC(c3nc(Cc4ccccc4)no3)C2)cc1.O=C(O)C(=O)O. The third-order valence-corrected chi connectivity index (χ3v) is 4.99. The normalized spacial score (nSPS) is 13.2. The Morgan fingerprint density at radius 1 is 1.06 bits per heavy atom. The Morgan fingerprint density at radius 2 is 1.71 bits per heavy atom. The monoisotopic (exact) mass is 482 g/mol. The molecule has 1 saturated heterocycles. The molecule has 0 bridgehead atoms. The molecule has 2 aromatic carbocycles. The molecule has 35 heavy (non-hydrogen) atoms. The van der Waals surface area contributed by atoms with Crippen LogP contribution >= 0.6 is 0 Å². The van der Waals surface area contributed by atoms with Crippen molar-refractivity contribution in [3.8, 4) is 5.75 Å². The van der Waals surface area contributed by atoms with Crippen molar-refractivity contribution in [3.05, 3.63) is 71.9 Å². The van der Waals surface area contributed by atoms with Gasteiger partial charge in [0.1, 0.15) is 5.75 Å². The fraction of sp³-hybridized carbons (Fsp3) is 0.292. The number of rotatable bonds is 8. The van der Waals surface area contributed by atoms with Crippen LogP contribution < -0.4 is 10.1 Å². The molecular formula is C24H26N4O7. The fourth-order valence-electron chi connectivity index (χ4n) is 3.34. The van der Waals surface area contributed by atoms with Crippen LogP contribution in [0.5, 0.6) is 5.75 Å². The third-order valence-electron chi connectivity index (χ3n) is 4.99. The van der Waals surface area contributed by atoms with Gasteiger partial charge in [0, 0.05) is 25.2 Å². The molecule has 3 aromatic rings. The zero-order chi connectivity index (χ0) is 25.2. The molecule has 4 rings (SSSR count). The number of hydrogen-bond donors (Lipinski definition) is 3. The summed E-state index contributed by atoms with van der Waals surface area (Å²) < 4.78 is 10.8. The van der Waals surface area contributed by atoms with E-state index in [-0.39, 0.29) is 11.8 Å². The molecule has 1 aliphatic rings. The number of carboxylic acid groups (broad SMARTS) is 2. The van der Waals surface area contributed by atoms with Crippen LogP contribution in [0.25, 0.3) is 0 Å². The molecule has 184 valence electrons. The molecule has 1 aromatic heterocycles. The molecule has 0 saturated carbocycles. The highest BCUT2D eigenvalue weighted by atomic mass is 16.5. The number of carbonyl (C=O) groups excluding carboxylic acids is 1. The topological polar surface area (TPSA) is 155 Å². The summed E-state index contributed by atoms with van der Waals surface area (Å²) in [5, 5.41) is 21.8. The summed E-state index contributed by atoms with van der Waals surface area (Å²) in [6.45, 7) is 4.38. The number of likely N-dealkylation sites (tertiary alicyclic amines) is 1. The molecule has 0 spiro atoms. The summed E-state index contributed by atoms with van der Waals surface area (Å²) >= 11 is 0. The molecule has 0 radical (unpaired) electrons. The second-order valence-electron chi connectivity index (χ2n) is 7.72. The van der Waals surface area contributed by atoms with Crippen LogP contribution in [0.1, 0.15) is 30.1 Å². The average Bonchev–Trinajstić information content (AvgIpc) is 3.26. The lowest BCUT2D eigenvalue weighted by Gasteiger charge is -2.36. The first-order valence-electron chi connectivity index (χ1n) is 10.9. The van der Waals surface area contributed by atoms with Crippen LogP contribution in [0.3, 0.4) is 0 Å². The van der Waals surface area contributed by atoms with Gasteiger partial charge in [-0.3, -0.25) is 9.69 Å². The Morgan fingerprint density at radius 3 is 2.31 bits per heavy atom. The zero-order valence-electron chi connectivity index (χ0n) is 19.1. The third kappa shape index (κ3) is 7.93. The van der Waals surface area contributed by atoms with E-state index in [1.54, 1.807) is 0 Å². The van der Waals surface area contributed by atoms with E-state index < -0.39 is 11.9 Å². The standard InChI is InChI=1S/C22H24N4O3.C2H2O4/c1-2-28-19-10-8-18(9-11-19)23-21(27)15-26-13-17(14-26)22-24-20(25-29-22)12-16-6-4-3-5-7-16;3-1(4)2(5)6/h3-11,17H,2,12-15H2,1H3,(H,23,27);(H,3,4)(H,5,6). The Hall–Kier alpha value is -4.25. The lowest BCUT2D eigenvalue weighted by Crippen LogP contribution is -2.48. The summed E-state index contributed by atoms with van der Waals surface area (Å²) in [5.74, 6) is -1.36. The van der Waals surface area contributed by atoms with E-state index in [4.69, 9.17) is 29.1 Å². The van der Waals surface area contributed by atoms with E-state index in [1.807, 2.05) is 61.5 Å². The number of aromatic nitrogens is 2. The van der Waals surface area contributed by atoms with Gasteiger partial charge in [0.05, 0.1) is 19.1 Å². The summed E-state index contributed by atoms with van der Waals surface area (Å²) in [6, 6.07) is 17.5. The van der Waals surface area contributed by atoms with Crippen LogP contribution in [0, 0.1) is 0 Å². The van der Waals surface area contributed by atoms with Gasteiger partial charge in [-0.2, -0.15) is 4.98 Å². The Bertz CT molecular complexity index is 1110. The van der Waals surface area contributed by atoms with Crippen molar-refractivity contribution in [2.24, 2.45) is 0 Å². The lowest BCUT2D eigenvalue weighted by atomic mass is 10.0. The van der Waals surface area contributed by atoms with Gasteiger partial charge in [-0.15, -0.1) is 0 Å². The van der Waals surface area contributed by atoms with Crippen molar-refractivity contribution >= 4 is 23.5 Å². The molecule has 11 heteroatoms. The van der Waals surface area contributed by atoms with E-state index in [9.17, 15) is 4.79 Å². The highest BCUT2D eigenvalue weighted by Gasteiger charge is 2.33. The van der Waals surface area contributed by atoms with E-state index in [2.05, 4.69) is 20.4 Å². The molecule has 3 N–H and O–H groups in total. The molecule has 2 heterocycles. The fourth-order valence-corrected chi connectivity index (χ4v) is 3.34. The Kier molecular flexibility index (Phi) is 8.90. The van der Waals surface area contributed by atoms with Gasteiger partial charge in [-0.05, 0) is 36.8 Å². The van der Waals surface area contributed by atoms with E-state index >= 15 is 0 Å². The minimum Gasteiger partial charge on any atom is -0.494 e. The molecule has 11 nitrogen and oxygen atoms in total. The quantitative estimate of drug-likeness (QED) is 0.407. The smallest absolute Gasteiger partial charge is 0.414 e. The zero-order valence-corrected chi connectivity index (χ0v) is 19.1. The number of benzene rings is 2. The minimum absolute atomic E-state index is 0.0390. The number of nitrogens with one attached hydrogen (secondary N) is 1. The van der Waals surface area contributed by atoms with Crippen molar-refractivity contribution in [2.45, 2.75) is 19.3 Å². The van der Waals surface area contributed by atoms with Crippen molar-refractivity contribution < 1.29 is 33.9 Å². The molecule has 1 amide bonds. The number of carboxylic acids is 2. The number of aliphatic carboxylic acids is 2. The highest BCUT2D eigenvalue weighted by Crippen LogP contribution is 2.26. The lowest BCUT2D eigenvalue weighted by molar-refractivity contribution is -0.159. The second kappa shape index (κ2) is 12.3. The first-order chi connectivity index (χ1) is 16.8. The van der Waals surface area contributed by atoms with Gasteiger partial charge in [-0.25, -0.2) is 9.59 Å². The summed E-state index contributed by atoms with van der Waals surface area (Å²) in [6.07, 6.45) is 0.658. The second-order valence-corrected chi connectivity index (χ2v) is 7.72. The van der Waals surface area contributed by atoms with Gasteiger partial charge in [0.2, 0.25) is 11.8 Å². The maximum atomic E-state index is 12.2. The number of anilines is 1. The molecule has 1 aliphatic heterocycles. The van der Waals surface area contributed by atoms with Gasteiger partial charge in [0.15, 0.2) is 5.82 Å². The Balaban J connectivity index is 0.000000509. The van der Waals surface area contributed by atoms with Gasteiger partial charge in [-0.1, -0.05) is 35.5 Å². The van der Waals surface area contributed by atoms with Crippen LogP contribution in [0.4, 0.5) is 5.69 Å². The summed E-state index contributed by atoms with van der Waals surface area (Å²) in [5.41, 5.74) is 1.92. The van der Waals surface area contributed by atoms with Crippen LogP contribution in [0.2, 0.25) is 0 Å². The molecule has 0 unspecified atom stereocenters. The van der Waals surface area contributed by atoms with Crippen molar-refractivity contribution in [1.82, 2.24) is 15.0 Å². The molecule has 0 aliphatic carbocycles. The van der Waals surface area contributed by atoms with E-state index in [0.717, 1.165) is 30.1 Å². The first-order valence-corrected chi connectivity index (χ1v) is 10.9. The van der Waals surface area contributed by atoms with Crippen molar-refractivity contribution in [3.63, 3.8) is 0 Å². The van der Waals surface area contributed by atoms with Crippen molar-refractivity contribution in [2.75, 3.05) is 31.6 Å². The predicted octanol–water partition coefficient (Wildman–Crippen LogP) is 2.25. The predicted molar refractivity (Wildman–Crippen MR) is 124 cm³/mol. The molecular weight excluding hydrogens is 456 g/mol. The van der Waals surface area contributed by atoms with Crippen LogP contribution in [0.15, 0.2) is 59.1 Å². The number of hydrogen-bond acceptors (Lipinski definition) is 8. The van der Waals surface area contributed by atoms with Crippen LogP contribution in [-0.4, -0.2) is 69.3 Å². The number of carbonyl (C=O) groups is 3. The largest absolute Gasteiger partial charge is 0.494 e. The highest BCUT2D eigenvalue weighted by molar-refractivity contribution is 6.27. The maximum absolute atomic E-state index is 12.2. The number of nitrogens with zero attached hydrogens (tertiary/aromatic N) is 3. The maximum Gasteiger partial charge on any atom is 0.414 e. The Labute approximate surface area is 201 Å². The van der Waals surface area contributed by atoms with E-state index in [1.165, 1.54) is 0 Å². The average molecular weight is 482 g/mol. The van der Waals surface area contributed by atoms with Crippen LogP contribution in [-0.2, 0) is 20.8 Å². The van der Waals surface area contributed by atoms with Gasteiger partial charge in [0.25, 0.3) is 0 Å². The molecule has 1 fully saturated rings. The summed E-state index contributed by atoms with van der Waals surface area (Å²) in [7, 11) is 0.